The van der Waals surface area contributed by atoms with E-state index in [-0.39, 0.29) is 24.2 Å². The first kappa shape index (κ1) is 23.8. The number of para-hydroxylation sites is 1. The summed E-state index contributed by atoms with van der Waals surface area (Å²) in [6, 6.07) is 7.98. The fraction of sp³-hybridized carbons (Fsp3) is 0.560. The summed E-state index contributed by atoms with van der Waals surface area (Å²) in [5.74, 6) is 2.60. The van der Waals surface area contributed by atoms with Gasteiger partial charge in [0.05, 0.1) is 12.3 Å². The maximum absolute atomic E-state index is 12.8. The van der Waals surface area contributed by atoms with Crippen molar-refractivity contribution in [3.05, 3.63) is 30.3 Å². The molecule has 0 spiro atoms. The van der Waals surface area contributed by atoms with Gasteiger partial charge in [-0.25, -0.2) is 0 Å². The number of ether oxygens (including phenoxy) is 1. The number of hydrogen-bond acceptors (Lipinski definition) is 5. The van der Waals surface area contributed by atoms with Crippen LogP contribution in [0.2, 0.25) is 0 Å². The maximum Gasteiger partial charge on any atom is 0.314 e. The van der Waals surface area contributed by atoms with Crippen LogP contribution in [-0.2, 0) is 14.4 Å². The number of piperidine rings is 2. The van der Waals surface area contributed by atoms with Crippen LogP contribution in [0, 0.1) is 24.2 Å². The molecule has 172 valence electrons. The first-order valence-electron chi connectivity index (χ1n) is 11.6. The first-order chi connectivity index (χ1) is 15.5. The Kier molecular flexibility index (Phi) is 9.12. The molecule has 0 saturated carbocycles. The molecule has 2 atom stereocenters. The lowest BCUT2D eigenvalue weighted by molar-refractivity contribution is -0.136. The molecule has 7 nitrogen and oxygen atoms in total. The zero-order valence-corrected chi connectivity index (χ0v) is 18.6. The predicted octanol–water partition coefficient (Wildman–Crippen LogP) is 2.12. The number of nitrogens with zero attached hydrogens (tertiary/aromatic N) is 1. The Hall–Kier alpha value is -2.85. The lowest BCUT2D eigenvalue weighted by Crippen LogP contribution is -2.48. The van der Waals surface area contributed by atoms with Gasteiger partial charge in [0, 0.05) is 19.5 Å². The van der Waals surface area contributed by atoms with Crippen LogP contribution in [0.3, 0.4) is 0 Å². The Morgan fingerprint density at radius 3 is 2.66 bits per heavy atom. The largest absolute Gasteiger partial charge is 0.426 e. The van der Waals surface area contributed by atoms with Crippen molar-refractivity contribution in [2.45, 2.75) is 51.0 Å². The van der Waals surface area contributed by atoms with Crippen LogP contribution in [0.1, 0.15) is 44.9 Å². The molecule has 2 fully saturated rings. The number of terminal acetylenes is 1. The highest BCUT2D eigenvalue weighted by Gasteiger charge is 2.30. The summed E-state index contributed by atoms with van der Waals surface area (Å²) in [6.07, 6.45) is 10.6. The summed E-state index contributed by atoms with van der Waals surface area (Å²) < 4.78 is 5.26. The van der Waals surface area contributed by atoms with E-state index in [9.17, 15) is 14.4 Å². The second-order valence-electron chi connectivity index (χ2n) is 8.63. The Bertz CT molecular complexity index is 814. The molecule has 1 aromatic rings. The van der Waals surface area contributed by atoms with E-state index in [1.165, 1.54) is 0 Å². The van der Waals surface area contributed by atoms with Crippen molar-refractivity contribution in [1.29, 1.82) is 0 Å². The third-order valence-electron chi connectivity index (χ3n) is 6.23. The minimum atomic E-state index is -0.746. The lowest BCUT2D eigenvalue weighted by Gasteiger charge is -2.33. The molecule has 2 aliphatic rings. The molecular weight excluding hydrogens is 406 g/mol. The van der Waals surface area contributed by atoms with Crippen LogP contribution in [-0.4, -0.2) is 54.9 Å². The molecule has 0 unspecified atom stereocenters. The first-order valence-corrected chi connectivity index (χ1v) is 11.6. The Morgan fingerprint density at radius 2 is 1.94 bits per heavy atom. The second-order valence-corrected chi connectivity index (χ2v) is 8.63. The number of hydrogen-bond donors (Lipinski definition) is 2. The number of rotatable bonds is 8. The number of benzene rings is 1. The minimum Gasteiger partial charge on any atom is -0.426 e. The highest BCUT2D eigenvalue weighted by Crippen LogP contribution is 2.22. The van der Waals surface area contributed by atoms with Crippen molar-refractivity contribution >= 4 is 17.8 Å². The van der Waals surface area contributed by atoms with Crippen molar-refractivity contribution in [2.24, 2.45) is 11.8 Å². The van der Waals surface area contributed by atoms with Crippen LogP contribution in [0.5, 0.6) is 5.75 Å². The summed E-state index contributed by atoms with van der Waals surface area (Å²) in [4.78, 5) is 39.4. The molecule has 2 amide bonds. The molecule has 0 radical (unpaired) electrons. The number of amides is 2. The number of nitrogens with one attached hydrogen (secondary N) is 2. The lowest BCUT2D eigenvalue weighted by atomic mass is 9.92. The Morgan fingerprint density at radius 1 is 1.19 bits per heavy atom. The highest BCUT2D eigenvalue weighted by molar-refractivity contribution is 5.83. The van der Waals surface area contributed by atoms with Gasteiger partial charge in [0.1, 0.15) is 11.8 Å². The molecule has 2 saturated heterocycles. The molecule has 1 aromatic carbocycles. The van der Waals surface area contributed by atoms with Gasteiger partial charge in [-0.05, 0) is 63.2 Å². The third-order valence-corrected chi connectivity index (χ3v) is 6.23. The summed E-state index contributed by atoms with van der Waals surface area (Å²) in [5.41, 5.74) is 0. The number of carbonyl (C=O) groups excluding carboxylic acids is 3. The van der Waals surface area contributed by atoms with Crippen molar-refractivity contribution < 1.29 is 19.1 Å². The monoisotopic (exact) mass is 439 g/mol. The van der Waals surface area contributed by atoms with Crippen molar-refractivity contribution in [1.82, 2.24) is 15.5 Å². The molecule has 7 heteroatoms. The van der Waals surface area contributed by atoms with Crippen molar-refractivity contribution in [2.75, 3.05) is 26.2 Å². The molecule has 2 aliphatic heterocycles. The molecule has 0 aliphatic carbocycles. The maximum atomic E-state index is 12.8. The van der Waals surface area contributed by atoms with E-state index in [0.717, 1.165) is 38.8 Å². The molecule has 0 aromatic heterocycles. The van der Waals surface area contributed by atoms with Crippen LogP contribution in [0.4, 0.5) is 0 Å². The number of likely N-dealkylation sites (tertiary alicyclic amines) is 1. The Labute approximate surface area is 190 Å². The van der Waals surface area contributed by atoms with Crippen molar-refractivity contribution in [3.63, 3.8) is 0 Å². The van der Waals surface area contributed by atoms with Crippen LogP contribution in [0.25, 0.3) is 0 Å². The smallest absolute Gasteiger partial charge is 0.314 e. The molecule has 3 rings (SSSR count). The van der Waals surface area contributed by atoms with E-state index in [1.807, 2.05) is 11.0 Å². The zero-order valence-electron chi connectivity index (χ0n) is 18.6. The standard InChI is InChI=1S/C25H33N3O4/c1-2-21(17-24(30)32-22-8-4-3-5-9-22)27-25(31)20-7-6-16-28(18-20)23(29)11-10-19-12-14-26-15-13-19/h1,3-5,8-9,19-21,26H,6-7,10-18H2,(H,27,31)/t20-,21-/m1/s1. The summed E-state index contributed by atoms with van der Waals surface area (Å²) in [7, 11) is 0. The molecular formula is C25H33N3O4. The average Bonchev–Trinajstić information content (AvgIpc) is 2.83. The van der Waals surface area contributed by atoms with Gasteiger partial charge in [-0.2, -0.15) is 0 Å². The number of esters is 1. The van der Waals surface area contributed by atoms with Gasteiger partial charge in [0.25, 0.3) is 0 Å². The van der Waals surface area contributed by atoms with Crippen molar-refractivity contribution in [3.8, 4) is 18.1 Å². The van der Waals surface area contributed by atoms with Gasteiger partial charge in [0.2, 0.25) is 11.8 Å². The topological polar surface area (TPSA) is 87.7 Å². The van der Waals surface area contributed by atoms with E-state index in [0.29, 0.717) is 37.6 Å². The molecule has 32 heavy (non-hydrogen) atoms. The zero-order chi connectivity index (χ0) is 22.8. The van der Waals surface area contributed by atoms with Crippen LogP contribution >= 0.6 is 0 Å². The highest BCUT2D eigenvalue weighted by atomic mass is 16.5. The minimum absolute atomic E-state index is 0.108. The molecule has 2 heterocycles. The summed E-state index contributed by atoms with van der Waals surface area (Å²) in [5, 5.41) is 6.12. The summed E-state index contributed by atoms with van der Waals surface area (Å²) in [6.45, 7) is 3.15. The fourth-order valence-electron chi connectivity index (χ4n) is 4.34. The fourth-order valence-corrected chi connectivity index (χ4v) is 4.34. The van der Waals surface area contributed by atoms with E-state index in [1.54, 1.807) is 24.3 Å². The quantitative estimate of drug-likeness (QED) is 0.368. The van der Waals surface area contributed by atoms with Gasteiger partial charge in [0.15, 0.2) is 0 Å². The third kappa shape index (κ3) is 7.38. The van der Waals surface area contributed by atoms with Gasteiger partial charge >= 0.3 is 5.97 Å². The second kappa shape index (κ2) is 12.3. The van der Waals surface area contributed by atoms with E-state index >= 15 is 0 Å². The molecule has 0 bridgehead atoms. The summed E-state index contributed by atoms with van der Waals surface area (Å²) >= 11 is 0. The van der Waals surface area contributed by atoms with Gasteiger partial charge in [-0.3, -0.25) is 14.4 Å². The van der Waals surface area contributed by atoms with E-state index < -0.39 is 12.0 Å². The van der Waals surface area contributed by atoms with E-state index in [4.69, 9.17) is 11.2 Å². The van der Waals surface area contributed by atoms with E-state index in [2.05, 4.69) is 16.6 Å². The Balaban J connectivity index is 1.44. The van der Waals surface area contributed by atoms with Gasteiger partial charge in [-0.1, -0.05) is 24.1 Å². The normalized spacial score (nSPS) is 20.1. The average molecular weight is 440 g/mol. The van der Waals surface area contributed by atoms with Crippen LogP contribution in [0.15, 0.2) is 30.3 Å². The van der Waals surface area contributed by atoms with Gasteiger partial charge in [-0.15, -0.1) is 6.42 Å². The van der Waals surface area contributed by atoms with Crippen LogP contribution < -0.4 is 15.4 Å². The number of carbonyl (C=O) groups is 3. The SMILES string of the molecule is C#C[C@H](CC(=O)Oc1ccccc1)NC(=O)[C@@H]1CCCN(C(=O)CCC2CCNCC2)C1. The molecule has 2 N–H and O–H groups in total. The van der Waals surface area contributed by atoms with Gasteiger partial charge < -0.3 is 20.3 Å². The predicted molar refractivity (Wildman–Crippen MR) is 122 cm³/mol.